The quantitative estimate of drug-likeness (QED) is 0.784. The fourth-order valence-electron chi connectivity index (χ4n) is 3.22. The molecule has 0 N–H and O–H groups in total. The van der Waals surface area contributed by atoms with Crippen molar-refractivity contribution in [3.63, 3.8) is 0 Å². The summed E-state index contributed by atoms with van der Waals surface area (Å²) in [6.45, 7) is 11.3. The average Bonchev–Trinajstić information content (AvgIpc) is 3.11. The lowest BCUT2D eigenvalue weighted by Crippen LogP contribution is -2.41. The lowest BCUT2D eigenvalue weighted by atomic mass is 9.71. The van der Waals surface area contributed by atoms with Gasteiger partial charge in [0.15, 0.2) is 6.10 Å². The first-order chi connectivity index (χ1) is 11.7. The molecule has 3 heterocycles. The molecule has 1 amide bonds. The molecule has 0 bridgehead atoms. The molecule has 0 aliphatic carbocycles. The standard InChI is InChI=1S/C18H27BN2O4/c1-13(23-15-7-6-9-20-11-15)16(22)21-10-8-14(12-21)19-24-17(2,3)18(4,5)25-19/h6-7,9,11,13-14H,8,10,12H2,1-5H3. The number of rotatable bonds is 4. The number of carbonyl (C=O) groups is 1. The smallest absolute Gasteiger partial charge is 0.463 e. The Morgan fingerprint density at radius 3 is 2.64 bits per heavy atom. The van der Waals surface area contributed by atoms with E-state index in [1.54, 1.807) is 31.5 Å². The van der Waals surface area contributed by atoms with Crippen molar-refractivity contribution in [3.8, 4) is 5.75 Å². The number of hydrogen-bond acceptors (Lipinski definition) is 5. The minimum absolute atomic E-state index is 0.0112. The maximum atomic E-state index is 12.7. The van der Waals surface area contributed by atoms with E-state index in [9.17, 15) is 4.79 Å². The number of carbonyl (C=O) groups excluding carboxylic acids is 1. The van der Waals surface area contributed by atoms with Crippen LogP contribution in [-0.2, 0) is 14.1 Å². The first-order valence-electron chi connectivity index (χ1n) is 8.91. The van der Waals surface area contributed by atoms with Crippen molar-refractivity contribution in [1.29, 1.82) is 0 Å². The van der Waals surface area contributed by atoms with Crippen molar-refractivity contribution in [1.82, 2.24) is 9.88 Å². The number of nitrogens with zero attached hydrogens (tertiary/aromatic N) is 2. The van der Waals surface area contributed by atoms with Crippen molar-refractivity contribution in [2.75, 3.05) is 13.1 Å². The second kappa shape index (κ2) is 6.61. The van der Waals surface area contributed by atoms with Crippen LogP contribution in [-0.4, -0.2) is 53.3 Å². The largest absolute Gasteiger partial charge is 0.479 e. The summed E-state index contributed by atoms with van der Waals surface area (Å²) in [5.41, 5.74) is -0.683. The Bertz CT molecular complexity index is 607. The van der Waals surface area contributed by atoms with Gasteiger partial charge in [0.2, 0.25) is 0 Å². The lowest BCUT2D eigenvalue weighted by molar-refractivity contribution is -0.136. The molecule has 6 nitrogen and oxygen atoms in total. The third-order valence-corrected chi connectivity index (χ3v) is 5.49. The van der Waals surface area contributed by atoms with Crippen molar-refractivity contribution in [2.24, 2.45) is 0 Å². The molecule has 2 aliphatic rings. The molecular weight excluding hydrogens is 319 g/mol. The molecule has 1 aromatic rings. The summed E-state index contributed by atoms with van der Waals surface area (Å²) in [5.74, 6) is 0.781. The van der Waals surface area contributed by atoms with E-state index in [0.29, 0.717) is 18.8 Å². The number of hydrogen-bond donors (Lipinski definition) is 0. The molecule has 3 rings (SSSR count). The maximum Gasteiger partial charge on any atom is 0.463 e. The van der Waals surface area contributed by atoms with Crippen LogP contribution in [0.5, 0.6) is 5.75 Å². The minimum atomic E-state index is -0.541. The fourth-order valence-corrected chi connectivity index (χ4v) is 3.22. The third kappa shape index (κ3) is 3.67. The first kappa shape index (κ1) is 18.2. The van der Waals surface area contributed by atoms with Crippen molar-refractivity contribution < 1.29 is 18.8 Å². The van der Waals surface area contributed by atoms with Gasteiger partial charge in [-0.1, -0.05) is 0 Å². The van der Waals surface area contributed by atoms with Gasteiger partial charge in [-0.2, -0.15) is 0 Å². The van der Waals surface area contributed by atoms with E-state index in [1.165, 1.54) is 0 Å². The van der Waals surface area contributed by atoms with E-state index in [0.717, 1.165) is 6.42 Å². The number of pyridine rings is 1. The lowest BCUT2D eigenvalue weighted by Gasteiger charge is -2.32. The summed E-state index contributed by atoms with van der Waals surface area (Å²) >= 11 is 0. The number of amides is 1. The highest BCUT2D eigenvalue weighted by Gasteiger charge is 2.54. The molecule has 136 valence electrons. The second-order valence-corrected chi connectivity index (χ2v) is 7.91. The number of likely N-dealkylation sites (tertiary alicyclic amines) is 1. The zero-order valence-corrected chi connectivity index (χ0v) is 15.7. The molecule has 1 aromatic heterocycles. The van der Waals surface area contributed by atoms with Crippen LogP contribution in [0.25, 0.3) is 0 Å². The van der Waals surface area contributed by atoms with Crippen LogP contribution in [0.15, 0.2) is 24.5 Å². The molecule has 7 heteroatoms. The molecule has 2 aliphatic heterocycles. The van der Waals surface area contributed by atoms with Crippen LogP contribution in [0, 0.1) is 0 Å². The highest BCUT2D eigenvalue weighted by Crippen LogP contribution is 2.42. The summed E-state index contributed by atoms with van der Waals surface area (Å²) in [4.78, 5) is 18.5. The average molecular weight is 346 g/mol. The molecule has 0 saturated carbocycles. The zero-order valence-electron chi connectivity index (χ0n) is 15.7. The predicted octanol–water partition coefficient (Wildman–Crippen LogP) is 2.54. The Kier molecular flexibility index (Phi) is 4.81. The summed E-state index contributed by atoms with van der Waals surface area (Å²) in [5, 5.41) is 0. The van der Waals surface area contributed by atoms with E-state index < -0.39 is 6.10 Å². The van der Waals surface area contributed by atoms with Crippen LogP contribution in [0.4, 0.5) is 0 Å². The van der Waals surface area contributed by atoms with E-state index in [4.69, 9.17) is 14.0 Å². The van der Waals surface area contributed by atoms with Crippen LogP contribution in [0.2, 0.25) is 5.82 Å². The Balaban J connectivity index is 1.57. The molecule has 2 saturated heterocycles. The van der Waals surface area contributed by atoms with Gasteiger partial charge in [0.05, 0.1) is 17.4 Å². The highest BCUT2D eigenvalue weighted by molar-refractivity contribution is 6.47. The van der Waals surface area contributed by atoms with Gasteiger partial charge in [0.1, 0.15) is 5.75 Å². The highest BCUT2D eigenvalue weighted by atomic mass is 16.7. The molecule has 0 spiro atoms. The van der Waals surface area contributed by atoms with Crippen LogP contribution < -0.4 is 4.74 Å². The van der Waals surface area contributed by atoms with Gasteiger partial charge in [-0.3, -0.25) is 9.78 Å². The van der Waals surface area contributed by atoms with Crippen molar-refractivity contribution in [3.05, 3.63) is 24.5 Å². The van der Waals surface area contributed by atoms with E-state index in [-0.39, 0.29) is 30.0 Å². The van der Waals surface area contributed by atoms with E-state index in [1.807, 2.05) is 4.90 Å². The van der Waals surface area contributed by atoms with Crippen molar-refractivity contribution in [2.45, 2.75) is 64.2 Å². The summed E-state index contributed by atoms with van der Waals surface area (Å²) in [7, 11) is -0.266. The minimum Gasteiger partial charge on any atom is -0.479 e. The maximum absolute atomic E-state index is 12.7. The van der Waals surface area contributed by atoms with Crippen LogP contribution in [0.3, 0.4) is 0 Å². The molecule has 0 radical (unpaired) electrons. The van der Waals surface area contributed by atoms with Gasteiger partial charge in [0, 0.05) is 25.1 Å². The Hall–Kier alpha value is -1.60. The Morgan fingerprint density at radius 1 is 1.36 bits per heavy atom. The molecule has 0 aromatic carbocycles. The Labute approximate surface area is 150 Å². The van der Waals surface area contributed by atoms with Gasteiger partial charge >= 0.3 is 7.12 Å². The first-order valence-corrected chi connectivity index (χ1v) is 8.91. The second-order valence-electron chi connectivity index (χ2n) is 7.91. The predicted molar refractivity (Wildman–Crippen MR) is 95.4 cm³/mol. The summed E-state index contributed by atoms with van der Waals surface area (Å²) in [6, 6.07) is 3.59. The normalized spacial score (nSPS) is 25.9. The zero-order chi connectivity index (χ0) is 18.2. The fraction of sp³-hybridized carbons (Fsp3) is 0.667. The third-order valence-electron chi connectivity index (χ3n) is 5.49. The molecule has 2 fully saturated rings. The monoisotopic (exact) mass is 346 g/mol. The SMILES string of the molecule is CC(Oc1cccnc1)C(=O)N1CCC(B2OC(C)(C)C(C)(C)O2)C1. The van der Waals surface area contributed by atoms with Gasteiger partial charge < -0.3 is 18.9 Å². The van der Waals surface area contributed by atoms with Crippen LogP contribution >= 0.6 is 0 Å². The number of ether oxygens (including phenoxy) is 1. The topological polar surface area (TPSA) is 60.9 Å². The van der Waals surface area contributed by atoms with Gasteiger partial charge in [0.25, 0.3) is 5.91 Å². The molecular formula is C18H27BN2O4. The van der Waals surface area contributed by atoms with E-state index in [2.05, 4.69) is 32.7 Å². The van der Waals surface area contributed by atoms with Gasteiger partial charge in [-0.05, 0) is 53.2 Å². The molecule has 25 heavy (non-hydrogen) atoms. The van der Waals surface area contributed by atoms with Crippen LogP contribution in [0.1, 0.15) is 41.0 Å². The van der Waals surface area contributed by atoms with Crippen molar-refractivity contribution >= 4 is 13.0 Å². The molecule has 2 atom stereocenters. The van der Waals surface area contributed by atoms with Gasteiger partial charge in [-0.15, -0.1) is 0 Å². The van der Waals surface area contributed by atoms with Gasteiger partial charge in [-0.25, -0.2) is 0 Å². The molecule has 2 unspecified atom stereocenters. The summed E-state index contributed by atoms with van der Waals surface area (Å²) < 4.78 is 18.0. The van der Waals surface area contributed by atoms with E-state index >= 15 is 0 Å². The summed E-state index contributed by atoms with van der Waals surface area (Å²) in [6.07, 6.45) is 3.62. The number of aromatic nitrogens is 1. The Morgan fingerprint density at radius 2 is 2.04 bits per heavy atom.